The van der Waals surface area contributed by atoms with E-state index in [0.29, 0.717) is 18.4 Å². The average Bonchev–Trinajstić information content (AvgIpc) is 2.77. The SMILES string of the molecule is C=CC(=O)OCC(C)C1CC1=C. The normalized spacial score (nSPS) is 23.1. The number of hydrogen-bond acceptors (Lipinski definition) is 2. The molecule has 2 heteroatoms. The fraction of sp³-hybridized carbons (Fsp3) is 0.500. The topological polar surface area (TPSA) is 26.3 Å². The van der Waals surface area contributed by atoms with E-state index in [-0.39, 0.29) is 5.97 Å². The molecule has 0 radical (unpaired) electrons. The minimum absolute atomic E-state index is 0.340. The standard InChI is InChI=1S/C10H14O2/c1-4-10(11)12-6-8(3)9-5-7(9)2/h4,8-9H,1-2,5-6H2,3H3. The Hall–Kier alpha value is -1.05. The maximum atomic E-state index is 10.7. The van der Waals surface area contributed by atoms with E-state index in [1.165, 1.54) is 11.6 Å². The number of esters is 1. The van der Waals surface area contributed by atoms with Crippen LogP contribution in [0.25, 0.3) is 0 Å². The Kier molecular flexibility index (Phi) is 2.69. The van der Waals surface area contributed by atoms with Gasteiger partial charge in [0.25, 0.3) is 0 Å². The van der Waals surface area contributed by atoms with Crippen molar-refractivity contribution in [1.82, 2.24) is 0 Å². The van der Waals surface area contributed by atoms with Crippen molar-refractivity contribution in [2.24, 2.45) is 11.8 Å². The van der Waals surface area contributed by atoms with Gasteiger partial charge in [0.1, 0.15) is 0 Å². The van der Waals surface area contributed by atoms with Gasteiger partial charge in [-0.25, -0.2) is 4.79 Å². The zero-order chi connectivity index (χ0) is 9.14. The minimum atomic E-state index is -0.340. The second kappa shape index (κ2) is 3.57. The first-order valence-corrected chi connectivity index (χ1v) is 4.12. The molecule has 2 unspecified atom stereocenters. The molecule has 2 atom stereocenters. The van der Waals surface area contributed by atoms with Crippen molar-refractivity contribution in [1.29, 1.82) is 0 Å². The van der Waals surface area contributed by atoms with Gasteiger partial charge in [-0.1, -0.05) is 25.7 Å². The molecule has 0 N–H and O–H groups in total. The van der Waals surface area contributed by atoms with Gasteiger partial charge in [0.2, 0.25) is 0 Å². The van der Waals surface area contributed by atoms with Gasteiger partial charge in [0.15, 0.2) is 0 Å². The molecule has 1 aliphatic carbocycles. The van der Waals surface area contributed by atoms with E-state index in [0.717, 1.165) is 6.42 Å². The molecule has 12 heavy (non-hydrogen) atoms. The zero-order valence-corrected chi connectivity index (χ0v) is 7.38. The third-order valence-corrected chi connectivity index (χ3v) is 2.19. The quantitative estimate of drug-likeness (QED) is 0.362. The molecular weight excluding hydrogens is 152 g/mol. The first kappa shape index (κ1) is 9.04. The summed E-state index contributed by atoms with van der Waals surface area (Å²) in [5, 5.41) is 0. The van der Waals surface area contributed by atoms with Crippen LogP contribution in [0, 0.1) is 11.8 Å². The Morgan fingerprint density at radius 1 is 1.92 bits per heavy atom. The Morgan fingerprint density at radius 2 is 2.50 bits per heavy atom. The highest BCUT2D eigenvalue weighted by molar-refractivity contribution is 5.81. The average molecular weight is 166 g/mol. The maximum absolute atomic E-state index is 10.7. The van der Waals surface area contributed by atoms with Gasteiger partial charge in [-0.05, 0) is 18.3 Å². The number of carbonyl (C=O) groups excluding carboxylic acids is 1. The van der Waals surface area contributed by atoms with Crippen LogP contribution in [-0.2, 0) is 9.53 Å². The summed E-state index contributed by atoms with van der Waals surface area (Å²) in [5.74, 6) is 0.636. The third kappa shape index (κ3) is 2.22. The fourth-order valence-electron chi connectivity index (χ4n) is 1.22. The lowest BCUT2D eigenvalue weighted by Gasteiger charge is -2.08. The Labute approximate surface area is 72.9 Å². The minimum Gasteiger partial charge on any atom is -0.462 e. The van der Waals surface area contributed by atoms with E-state index < -0.39 is 0 Å². The van der Waals surface area contributed by atoms with E-state index in [9.17, 15) is 4.79 Å². The van der Waals surface area contributed by atoms with Gasteiger partial charge >= 0.3 is 5.97 Å². The molecule has 1 saturated carbocycles. The van der Waals surface area contributed by atoms with Crippen molar-refractivity contribution in [3.8, 4) is 0 Å². The van der Waals surface area contributed by atoms with Gasteiger partial charge < -0.3 is 4.74 Å². The molecule has 0 aromatic carbocycles. The molecule has 2 nitrogen and oxygen atoms in total. The molecule has 0 bridgehead atoms. The molecule has 0 aromatic heterocycles. The first-order chi connectivity index (χ1) is 5.65. The highest BCUT2D eigenvalue weighted by atomic mass is 16.5. The number of carbonyl (C=O) groups is 1. The predicted octanol–water partition coefficient (Wildman–Crippen LogP) is 1.93. The van der Waals surface area contributed by atoms with E-state index in [2.05, 4.69) is 20.1 Å². The van der Waals surface area contributed by atoms with Crippen molar-refractivity contribution in [2.75, 3.05) is 6.61 Å². The van der Waals surface area contributed by atoms with Crippen LogP contribution in [0.3, 0.4) is 0 Å². The summed E-state index contributed by atoms with van der Waals surface area (Å²) in [6.07, 6.45) is 2.28. The highest BCUT2D eigenvalue weighted by Crippen LogP contribution is 2.41. The van der Waals surface area contributed by atoms with Crippen LogP contribution in [0.4, 0.5) is 0 Å². The van der Waals surface area contributed by atoms with Crippen LogP contribution in [0.2, 0.25) is 0 Å². The van der Waals surface area contributed by atoms with Gasteiger partial charge in [0.05, 0.1) is 6.61 Å². The van der Waals surface area contributed by atoms with Crippen molar-refractivity contribution in [3.63, 3.8) is 0 Å². The lowest BCUT2D eigenvalue weighted by Crippen LogP contribution is -2.11. The second-order valence-corrected chi connectivity index (χ2v) is 3.28. The summed E-state index contributed by atoms with van der Waals surface area (Å²) in [6.45, 7) is 9.73. The monoisotopic (exact) mass is 166 g/mol. The van der Waals surface area contributed by atoms with Crippen molar-refractivity contribution >= 4 is 5.97 Å². The van der Waals surface area contributed by atoms with Crippen LogP contribution in [0.5, 0.6) is 0 Å². The van der Waals surface area contributed by atoms with Crippen LogP contribution in [0.15, 0.2) is 24.8 Å². The number of hydrogen-bond donors (Lipinski definition) is 0. The molecule has 0 aromatic rings. The van der Waals surface area contributed by atoms with Crippen molar-refractivity contribution in [3.05, 3.63) is 24.8 Å². The molecule has 1 aliphatic rings. The van der Waals surface area contributed by atoms with Crippen LogP contribution in [0.1, 0.15) is 13.3 Å². The smallest absolute Gasteiger partial charge is 0.330 e. The number of ether oxygens (including phenoxy) is 1. The largest absolute Gasteiger partial charge is 0.462 e. The fourth-order valence-corrected chi connectivity index (χ4v) is 1.22. The lowest BCUT2D eigenvalue weighted by atomic mass is 10.1. The van der Waals surface area contributed by atoms with Crippen molar-refractivity contribution < 1.29 is 9.53 Å². The summed E-state index contributed by atoms with van der Waals surface area (Å²) in [7, 11) is 0. The Bertz CT molecular complexity index is 218. The van der Waals surface area contributed by atoms with Crippen LogP contribution < -0.4 is 0 Å². The van der Waals surface area contributed by atoms with Crippen LogP contribution >= 0.6 is 0 Å². The highest BCUT2D eigenvalue weighted by Gasteiger charge is 2.33. The molecule has 0 aliphatic heterocycles. The molecule has 0 spiro atoms. The predicted molar refractivity (Wildman–Crippen MR) is 47.6 cm³/mol. The van der Waals surface area contributed by atoms with E-state index in [4.69, 9.17) is 4.74 Å². The molecular formula is C10H14O2. The summed E-state index contributed by atoms with van der Waals surface area (Å²) in [4.78, 5) is 10.7. The van der Waals surface area contributed by atoms with E-state index in [1.807, 2.05) is 0 Å². The number of rotatable bonds is 4. The lowest BCUT2D eigenvalue weighted by molar-refractivity contribution is -0.139. The zero-order valence-electron chi connectivity index (χ0n) is 7.38. The van der Waals surface area contributed by atoms with Gasteiger partial charge in [-0.2, -0.15) is 0 Å². The number of allylic oxidation sites excluding steroid dienone is 1. The van der Waals surface area contributed by atoms with Gasteiger partial charge in [-0.15, -0.1) is 0 Å². The van der Waals surface area contributed by atoms with Crippen molar-refractivity contribution in [2.45, 2.75) is 13.3 Å². The first-order valence-electron chi connectivity index (χ1n) is 4.12. The van der Waals surface area contributed by atoms with Gasteiger partial charge in [-0.3, -0.25) is 0 Å². The molecule has 1 fully saturated rings. The molecule has 0 saturated heterocycles. The second-order valence-electron chi connectivity index (χ2n) is 3.28. The molecule has 1 rings (SSSR count). The molecule has 66 valence electrons. The summed E-state index contributed by atoms with van der Waals surface area (Å²) in [5.41, 5.74) is 1.28. The molecule has 0 amide bonds. The Morgan fingerprint density at radius 3 is 2.92 bits per heavy atom. The summed E-state index contributed by atoms with van der Waals surface area (Å²) >= 11 is 0. The Balaban J connectivity index is 2.18. The third-order valence-electron chi connectivity index (χ3n) is 2.19. The van der Waals surface area contributed by atoms with E-state index in [1.54, 1.807) is 0 Å². The molecule has 0 heterocycles. The summed E-state index contributed by atoms with van der Waals surface area (Å²) in [6, 6.07) is 0. The van der Waals surface area contributed by atoms with Gasteiger partial charge in [0, 0.05) is 6.08 Å². The summed E-state index contributed by atoms with van der Waals surface area (Å²) < 4.78 is 4.90. The van der Waals surface area contributed by atoms with Crippen LogP contribution in [-0.4, -0.2) is 12.6 Å². The maximum Gasteiger partial charge on any atom is 0.330 e. The van der Waals surface area contributed by atoms with E-state index >= 15 is 0 Å².